The minimum absolute atomic E-state index is 0.0255. The zero-order valence-corrected chi connectivity index (χ0v) is 41.1. The van der Waals surface area contributed by atoms with Crippen LogP contribution >= 0.6 is 0 Å². The Labute approximate surface area is 413 Å². The number of piperazine rings is 1. The molecule has 6 amide bonds. The number of anilines is 4. The number of carbonyl (C=O) groups excluding carboxylic acids is 6. The zero-order valence-electron chi connectivity index (χ0n) is 41.1. The first-order chi connectivity index (χ1) is 34.0. The van der Waals surface area contributed by atoms with Crippen molar-refractivity contribution < 1.29 is 33.5 Å². The third-order valence-electron chi connectivity index (χ3n) is 13.2. The van der Waals surface area contributed by atoms with Crippen LogP contribution in [-0.4, -0.2) is 118 Å². The van der Waals surface area contributed by atoms with Crippen molar-refractivity contribution in [3.8, 4) is 11.3 Å². The summed E-state index contributed by atoms with van der Waals surface area (Å²) in [5, 5.41) is 11.7. The van der Waals surface area contributed by atoms with Crippen LogP contribution in [0.1, 0.15) is 99.5 Å². The van der Waals surface area contributed by atoms with Gasteiger partial charge in [-0.3, -0.25) is 48.7 Å². The van der Waals surface area contributed by atoms with Crippen molar-refractivity contribution in [1.29, 1.82) is 0 Å². The molecule has 5 aromatic rings. The predicted octanol–water partition coefficient (Wildman–Crippen LogP) is 6.36. The number of ether oxygens (including phenoxy) is 1. The van der Waals surface area contributed by atoms with Crippen LogP contribution in [0, 0.1) is 12.8 Å². The van der Waals surface area contributed by atoms with Crippen LogP contribution in [0.5, 0.6) is 0 Å². The summed E-state index contributed by atoms with van der Waals surface area (Å²) in [5.74, 6) is -2.07. The first-order valence-electron chi connectivity index (χ1n) is 24.1. The smallest absolute Gasteiger partial charge is 0.293 e. The quantitative estimate of drug-likeness (QED) is 0.0630. The fourth-order valence-electron chi connectivity index (χ4n) is 9.17. The number of fused-ring (bicyclic) bond motifs is 1. The highest BCUT2D eigenvalue weighted by molar-refractivity contribution is 6.25. The minimum Gasteiger partial charge on any atom is -0.384 e. The van der Waals surface area contributed by atoms with Gasteiger partial charge in [0.05, 0.1) is 23.4 Å². The molecular formula is C54H61N9O8. The molecule has 17 nitrogen and oxygen atoms in total. The molecule has 8 rings (SSSR count). The maximum Gasteiger partial charge on any atom is 0.293 e. The van der Waals surface area contributed by atoms with Crippen molar-refractivity contribution in [2.24, 2.45) is 13.0 Å². The van der Waals surface area contributed by atoms with Gasteiger partial charge in [0, 0.05) is 99.3 Å². The van der Waals surface area contributed by atoms with Crippen molar-refractivity contribution in [2.45, 2.75) is 65.3 Å². The van der Waals surface area contributed by atoms with Gasteiger partial charge in [0.1, 0.15) is 6.04 Å². The summed E-state index contributed by atoms with van der Waals surface area (Å²) in [7, 11) is 1.66. The molecule has 4 heterocycles. The minimum atomic E-state index is -1.02. The SMILES string of the molecule is Cc1c(NC(=O)c2ccc(C(C)(C)C)cc2)cccc1-c1cn(C)c(=O)c(Nc2ccc(C(=O)N3CCN(CC(C)COCCCNc4cccc5c4C(=O)N(C4CCC(=O)NC4=O)C5=O)CC3)cc2)n1. The van der Waals surface area contributed by atoms with Crippen molar-refractivity contribution in [3.63, 3.8) is 0 Å². The molecule has 0 radical (unpaired) electrons. The molecule has 71 heavy (non-hydrogen) atoms. The Hall–Kier alpha value is -7.50. The molecule has 3 aliphatic rings. The van der Waals surface area contributed by atoms with Gasteiger partial charge >= 0.3 is 0 Å². The van der Waals surface area contributed by atoms with Crippen LogP contribution < -0.4 is 26.8 Å². The van der Waals surface area contributed by atoms with Crippen LogP contribution in [-0.2, 0) is 26.8 Å². The lowest BCUT2D eigenvalue weighted by Gasteiger charge is -2.36. The van der Waals surface area contributed by atoms with Crippen LogP contribution in [0.4, 0.5) is 22.9 Å². The van der Waals surface area contributed by atoms with Gasteiger partial charge in [-0.15, -0.1) is 0 Å². The van der Waals surface area contributed by atoms with Crippen molar-refractivity contribution >= 4 is 58.3 Å². The second-order valence-corrected chi connectivity index (χ2v) is 19.6. The first-order valence-corrected chi connectivity index (χ1v) is 24.1. The van der Waals surface area contributed by atoms with Gasteiger partial charge in [0.25, 0.3) is 29.2 Å². The van der Waals surface area contributed by atoms with Gasteiger partial charge in [-0.1, -0.05) is 58.0 Å². The lowest BCUT2D eigenvalue weighted by atomic mass is 9.86. The van der Waals surface area contributed by atoms with E-state index in [2.05, 4.69) is 53.9 Å². The molecule has 0 aliphatic carbocycles. The van der Waals surface area contributed by atoms with E-state index in [4.69, 9.17) is 9.72 Å². The summed E-state index contributed by atoms with van der Waals surface area (Å²) >= 11 is 0. The third kappa shape index (κ3) is 11.3. The van der Waals surface area contributed by atoms with E-state index in [1.54, 1.807) is 55.7 Å². The summed E-state index contributed by atoms with van der Waals surface area (Å²) in [5.41, 5.74) is 6.20. The fraction of sp³-hybridized carbons (Fsp3) is 0.370. The molecule has 0 saturated carbocycles. The molecule has 0 spiro atoms. The third-order valence-corrected chi connectivity index (χ3v) is 13.2. The van der Waals surface area contributed by atoms with E-state index in [0.717, 1.165) is 41.2 Å². The number of aryl methyl sites for hydroxylation is 1. The Morgan fingerprint density at radius 1 is 0.845 bits per heavy atom. The number of amides is 6. The maximum atomic E-state index is 13.6. The monoisotopic (exact) mass is 963 g/mol. The number of piperidine rings is 1. The topological polar surface area (TPSA) is 204 Å². The molecule has 2 fully saturated rings. The highest BCUT2D eigenvalue weighted by Crippen LogP contribution is 2.33. The van der Waals surface area contributed by atoms with E-state index < -0.39 is 29.7 Å². The molecule has 1 aromatic heterocycles. The molecule has 0 bridgehead atoms. The van der Waals surface area contributed by atoms with Crippen LogP contribution in [0.15, 0.2) is 95.9 Å². The first kappa shape index (κ1) is 49.9. The molecule has 370 valence electrons. The summed E-state index contributed by atoms with van der Waals surface area (Å²) in [4.78, 5) is 101. The van der Waals surface area contributed by atoms with Crippen LogP contribution in [0.3, 0.4) is 0 Å². The largest absolute Gasteiger partial charge is 0.384 e. The number of hydrogen-bond acceptors (Lipinski definition) is 12. The van der Waals surface area contributed by atoms with E-state index in [9.17, 15) is 33.6 Å². The lowest BCUT2D eigenvalue weighted by Crippen LogP contribution is -2.54. The van der Waals surface area contributed by atoms with Gasteiger partial charge in [0.15, 0.2) is 5.82 Å². The normalized spacial score (nSPS) is 16.7. The molecule has 2 atom stereocenters. The summed E-state index contributed by atoms with van der Waals surface area (Å²) in [6.07, 6.45) is 2.48. The van der Waals surface area contributed by atoms with Crippen molar-refractivity contribution in [1.82, 2.24) is 29.6 Å². The van der Waals surface area contributed by atoms with Crippen molar-refractivity contribution in [3.05, 3.63) is 135 Å². The summed E-state index contributed by atoms with van der Waals surface area (Å²) in [6.45, 7) is 15.4. The van der Waals surface area contributed by atoms with Gasteiger partial charge in [-0.05, 0) is 96.8 Å². The zero-order chi connectivity index (χ0) is 50.6. The predicted molar refractivity (Wildman–Crippen MR) is 271 cm³/mol. The molecular weight excluding hydrogens is 903 g/mol. The number of rotatable bonds is 16. The van der Waals surface area contributed by atoms with Gasteiger partial charge in [-0.25, -0.2) is 4.98 Å². The van der Waals surface area contributed by atoms with Gasteiger partial charge in [0.2, 0.25) is 11.8 Å². The van der Waals surface area contributed by atoms with Crippen LogP contribution in [0.2, 0.25) is 0 Å². The highest BCUT2D eigenvalue weighted by atomic mass is 16.5. The van der Waals surface area contributed by atoms with Crippen molar-refractivity contribution in [2.75, 3.05) is 68.4 Å². The Morgan fingerprint density at radius 2 is 1.52 bits per heavy atom. The maximum absolute atomic E-state index is 13.6. The average molecular weight is 964 g/mol. The van der Waals surface area contributed by atoms with E-state index in [1.165, 1.54) is 4.57 Å². The number of nitrogens with one attached hydrogen (secondary N) is 4. The standard InChI is InChI=1S/C54H61N9O8/c1-33(32-71-29-9-24-55-42-13-8-11-40-46(42)52(69)63(51(40)68)44-22-23-45(64)59-49(44)66)30-61-25-27-62(28-26-61)50(67)36-16-20-38(21-17-36)56-47-53(70)60(6)31-43(57-47)39-10-7-12-41(34(39)2)58-48(65)35-14-18-37(19-15-35)54(3,4)5/h7-8,10-21,31,33,44,55H,9,22-30,32H2,1-6H3,(H,56,57)(H,58,65)(H,59,64,66). The van der Waals surface area contributed by atoms with E-state index >= 15 is 0 Å². The Balaban J connectivity index is 0.771. The number of nitrogens with zero attached hydrogens (tertiary/aromatic N) is 5. The molecule has 2 saturated heterocycles. The molecule has 17 heteroatoms. The molecule has 4 N–H and O–H groups in total. The van der Waals surface area contributed by atoms with E-state index in [-0.39, 0.29) is 58.5 Å². The molecule has 3 aliphatic heterocycles. The van der Waals surface area contributed by atoms with E-state index in [1.807, 2.05) is 54.3 Å². The Morgan fingerprint density at radius 3 is 2.21 bits per heavy atom. The second kappa shape index (κ2) is 21.2. The average Bonchev–Trinajstić information content (AvgIpc) is 3.60. The highest BCUT2D eigenvalue weighted by Gasteiger charge is 2.45. The van der Waals surface area contributed by atoms with Gasteiger partial charge in [-0.2, -0.15) is 0 Å². The fourth-order valence-corrected chi connectivity index (χ4v) is 9.17. The number of imide groups is 2. The van der Waals surface area contributed by atoms with E-state index in [0.29, 0.717) is 73.2 Å². The Kier molecular flexibility index (Phi) is 14.9. The number of aromatic nitrogens is 2. The molecule has 2 unspecified atom stereocenters. The number of benzene rings is 4. The Bertz CT molecular complexity index is 2920. The van der Waals surface area contributed by atoms with Crippen LogP contribution in [0.25, 0.3) is 11.3 Å². The summed E-state index contributed by atoms with van der Waals surface area (Å²) in [6, 6.07) is 24.2. The second-order valence-electron chi connectivity index (χ2n) is 19.6. The number of carbonyl (C=O) groups is 6. The number of hydrogen-bond donors (Lipinski definition) is 4. The lowest BCUT2D eigenvalue weighted by molar-refractivity contribution is -0.136. The summed E-state index contributed by atoms with van der Waals surface area (Å²) < 4.78 is 7.46. The van der Waals surface area contributed by atoms with Gasteiger partial charge < -0.3 is 30.2 Å². The molecule has 4 aromatic carbocycles.